The Hall–Kier alpha value is -2.38. The van der Waals surface area contributed by atoms with E-state index in [-0.39, 0.29) is 11.7 Å². The topological polar surface area (TPSA) is 89.9 Å². The van der Waals surface area contributed by atoms with Crippen LogP contribution < -0.4 is 4.90 Å². The van der Waals surface area contributed by atoms with Crippen LogP contribution in [0.5, 0.6) is 0 Å². The van der Waals surface area contributed by atoms with Crippen molar-refractivity contribution < 1.29 is 14.7 Å². The van der Waals surface area contributed by atoms with Gasteiger partial charge in [0.15, 0.2) is 5.69 Å². The van der Waals surface area contributed by atoms with Crippen LogP contribution in [0.4, 0.5) is 10.6 Å². The second kappa shape index (κ2) is 7.06. The molecule has 2 rings (SSSR count). The molecule has 2 heterocycles. The molecule has 0 unspecified atom stereocenters. The van der Waals surface area contributed by atoms with Crippen molar-refractivity contribution in [2.24, 2.45) is 0 Å². The van der Waals surface area contributed by atoms with E-state index in [9.17, 15) is 9.59 Å². The highest BCUT2D eigenvalue weighted by molar-refractivity contribution is 5.84. The van der Waals surface area contributed by atoms with Crippen LogP contribution in [0.25, 0.3) is 0 Å². The van der Waals surface area contributed by atoms with Crippen molar-refractivity contribution in [2.45, 2.75) is 13.8 Å². The lowest BCUT2D eigenvalue weighted by Crippen LogP contribution is -2.53. The second-order valence-electron chi connectivity index (χ2n) is 4.99. The van der Waals surface area contributed by atoms with E-state index < -0.39 is 5.97 Å². The predicted molar refractivity (Wildman–Crippen MR) is 81.1 cm³/mol. The summed E-state index contributed by atoms with van der Waals surface area (Å²) in [6.45, 7) is 7.92. The Labute approximate surface area is 129 Å². The smallest absolute Gasteiger partial charge is 0.356 e. The van der Waals surface area contributed by atoms with Crippen molar-refractivity contribution in [2.75, 3.05) is 44.2 Å². The number of rotatable bonds is 4. The van der Waals surface area contributed by atoms with Crippen molar-refractivity contribution in [1.82, 2.24) is 19.8 Å². The zero-order valence-corrected chi connectivity index (χ0v) is 12.9. The molecule has 0 radical (unpaired) electrons. The van der Waals surface area contributed by atoms with Crippen molar-refractivity contribution in [1.29, 1.82) is 0 Å². The number of hydrogen-bond acceptors (Lipinski definition) is 5. The standard InChI is InChI=1S/C14H21N5O3/c1-3-17(4-2)14(22)19-7-5-18(6-8-19)12-10-15-11(9-16-12)13(20)21/h9-10H,3-8H2,1-2H3,(H,20,21). The Kier molecular flexibility index (Phi) is 5.13. The molecule has 0 atom stereocenters. The third-order valence-corrected chi connectivity index (χ3v) is 3.77. The van der Waals surface area contributed by atoms with Gasteiger partial charge < -0.3 is 19.8 Å². The number of piperazine rings is 1. The first-order chi connectivity index (χ1) is 10.6. The molecule has 1 aromatic rings. The molecule has 2 amide bonds. The molecule has 0 aliphatic carbocycles. The third kappa shape index (κ3) is 3.44. The van der Waals surface area contributed by atoms with Crippen molar-refractivity contribution in [3.8, 4) is 0 Å². The number of carboxylic acid groups (broad SMARTS) is 1. The molecule has 1 aliphatic heterocycles. The number of anilines is 1. The number of carbonyl (C=O) groups is 2. The molecule has 1 saturated heterocycles. The minimum Gasteiger partial charge on any atom is -0.476 e. The van der Waals surface area contributed by atoms with Crippen LogP contribution in [0.3, 0.4) is 0 Å². The molecular weight excluding hydrogens is 286 g/mol. The summed E-state index contributed by atoms with van der Waals surface area (Å²) in [7, 11) is 0. The maximum Gasteiger partial charge on any atom is 0.356 e. The molecule has 0 bridgehead atoms. The van der Waals surface area contributed by atoms with Crippen LogP contribution in [-0.2, 0) is 0 Å². The van der Waals surface area contributed by atoms with Crippen LogP contribution in [-0.4, -0.2) is 76.1 Å². The van der Waals surface area contributed by atoms with Crippen LogP contribution in [0, 0.1) is 0 Å². The lowest BCUT2D eigenvalue weighted by molar-refractivity contribution is 0.0690. The number of aromatic nitrogens is 2. The van der Waals surface area contributed by atoms with E-state index in [1.54, 1.807) is 4.90 Å². The number of hydrogen-bond donors (Lipinski definition) is 1. The minimum absolute atomic E-state index is 0.0666. The lowest BCUT2D eigenvalue weighted by Gasteiger charge is -2.37. The van der Waals surface area contributed by atoms with Gasteiger partial charge >= 0.3 is 12.0 Å². The van der Waals surface area contributed by atoms with E-state index in [1.165, 1.54) is 12.4 Å². The molecule has 120 valence electrons. The number of urea groups is 1. The van der Waals surface area contributed by atoms with E-state index >= 15 is 0 Å². The summed E-state index contributed by atoms with van der Waals surface area (Å²) in [5.74, 6) is -0.450. The molecule has 1 aliphatic rings. The number of amides is 2. The van der Waals surface area contributed by atoms with Gasteiger partial charge in [0.2, 0.25) is 0 Å². The van der Waals surface area contributed by atoms with Crippen LogP contribution in [0.15, 0.2) is 12.4 Å². The monoisotopic (exact) mass is 307 g/mol. The van der Waals surface area contributed by atoms with Gasteiger partial charge in [0.25, 0.3) is 0 Å². The lowest BCUT2D eigenvalue weighted by atomic mass is 10.3. The molecule has 1 N–H and O–H groups in total. The normalized spacial score (nSPS) is 14.8. The van der Waals surface area contributed by atoms with Gasteiger partial charge in [-0.1, -0.05) is 0 Å². The molecule has 1 fully saturated rings. The average Bonchev–Trinajstić information content (AvgIpc) is 2.56. The van der Waals surface area contributed by atoms with Gasteiger partial charge in [-0.25, -0.2) is 19.6 Å². The predicted octanol–water partition coefficient (Wildman–Crippen LogP) is 0.759. The van der Waals surface area contributed by atoms with Gasteiger partial charge in [-0.3, -0.25) is 0 Å². The van der Waals surface area contributed by atoms with Gasteiger partial charge in [-0.2, -0.15) is 0 Å². The largest absolute Gasteiger partial charge is 0.476 e. The second-order valence-corrected chi connectivity index (χ2v) is 4.99. The van der Waals surface area contributed by atoms with Crippen molar-refractivity contribution in [3.63, 3.8) is 0 Å². The quantitative estimate of drug-likeness (QED) is 0.883. The maximum absolute atomic E-state index is 12.3. The van der Waals surface area contributed by atoms with Crippen molar-refractivity contribution >= 4 is 17.8 Å². The van der Waals surface area contributed by atoms with Gasteiger partial charge in [-0.15, -0.1) is 0 Å². The third-order valence-electron chi connectivity index (χ3n) is 3.77. The maximum atomic E-state index is 12.3. The van der Waals surface area contributed by atoms with E-state index in [2.05, 4.69) is 9.97 Å². The highest BCUT2D eigenvalue weighted by atomic mass is 16.4. The molecular formula is C14H21N5O3. The molecule has 0 aromatic carbocycles. The summed E-state index contributed by atoms with van der Waals surface area (Å²) in [4.78, 5) is 36.7. The van der Waals surface area contributed by atoms with E-state index in [0.717, 1.165) is 0 Å². The van der Waals surface area contributed by atoms with Crippen molar-refractivity contribution in [3.05, 3.63) is 18.1 Å². The first-order valence-electron chi connectivity index (χ1n) is 7.41. The minimum atomic E-state index is -1.09. The summed E-state index contributed by atoms with van der Waals surface area (Å²) in [5.41, 5.74) is -0.0703. The summed E-state index contributed by atoms with van der Waals surface area (Å²) in [5, 5.41) is 8.82. The highest BCUT2D eigenvalue weighted by Gasteiger charge is 2.24. The molecule has 8 nitrogen and oxygen atoms in total. The molecule has 0 saturated carbocycles. The SMILES string of the molecule is CCN(CC)C(=O)N1CCN(c2cnc(C(=O)O)cn2)CC1. The Morgan fingerprint density at radius 3 is 2.23 bits per heavy atom. The first-order valence-corrected chi connectivity index (χ1v) is 7.41. The summed E-state index contributed by atoms with van der Waals surface area (Å²) < 4.78 is 0. The number of carbonyl (C=O) groups excluding carboxylic acids is 1. The fourth-order valence-electron chi connectivity index (χ4n) is 2.42. The van der Waals surface area contributed by atoms with E-state index in [4.69, 9.17) is 5.11 Å². The van der Waals surface area contributed by atoms with E-state index in [1.807, 2.05) is 23.6 Å². The summed E-state index contributed by atoms with van der Waals surface area (Å²) in [6.07, 6.45) is 2.72. The summed E-state index contributed by atoms with van der Waals surface area (Å²) in [6, 6.07) is 0.0666. The molecule has 1 aromatic heterocycles. The number of aromatic carboxylic acids is 1. The van der Waals surface area contributed by atoms with Crippen LogP contribution in [0.2, 0.25) is 0 Å². The van der Waals surface area contributed by atoms with Gasteiger partial charge in [-0.05, 0) is 13.8 Å². The average molecular weight is 307 g/mol. The fraction of sp³-hybridized carbons (Fsp3) is 0.571. The Morgan fingerprint density at radius 2 is 1.77 bits per heavy atom. The molecule has 22 heavy (non-hydrogen) atoms. The van der Waals surface area contributed by atoms with Gasteiger partial charge in [0, 0.05) is 39.3 Å². The van der Waals surface area contributed by atoms with Gasteiger partial charge in [0.1, 0.15) is 5.82 Å². The summed E-state index contributed by atoms with van der Waals surface area (Å²) >= 11 is 0. The first kappa shape index (κ1) is 16.0. The Bertz CT molecular complexity index is 522. The zero-order chi connectivity index (χ0) is 16.1. The highest BCUT2D eigenvalue weighted by Crippen LogP contribution is 2.13. The van der Waals surface area contributed by atoms with E-state index in [0.29, 0.717) is 45.1 Å². The molecule has 8 heteroatoms. The number of carboxylic acids is 1. The van der Waals surface area contributed by atoms with Gasteiger partial charge in [0.05, 0.1) is 12.4 Å². The zero-order valence-electron chi connectivity index (χ0n) is 12.9. The number of nitrogens with zero attached hydrogens (tertiary/aromatic N) is 5. The van der Waals surface area contributed by atoms with Crippen LogP contribution >= 0.6 is 0 Å². The Balaban J connectivity index is 1.94. The Morgan fingerprint density at radius 1 is 1.14 bits per heavy atom. The fourth-order valence-corrected chi connectivity index (χ4v) is 2.42. The molecule has 0 spiro atoms. The van der Waals surface area contributed by atoms with Crippen LogP contribution in [0.1, 0.15) is 24.3 Å².